The highest BCUT2D eigenvalue weighted by molar-refractivity contribution is 6.14. The molecule has 0 aromatic carbocycles. The molecule has 0 aromatic rings. The van der Waals surface area contributed by atoms with Gasteiger partial charge in [-0.25, -0.2) is 14.5 Å². The first-order valence-corrected chi connectivity index (χ1v) is 56.7. The molecule has 24 unspecified atom stereocenters. The van der Waals surface area contributed by atoms with Crippen molar-refractivity contribution >= 4 is 101 Å². The van der Waals surface area contributed by atoms with E-state index in [1.807, 2.05) is 20.8 Å². The first-order chi connectivity index (χ1) is 66.2. The standard InChI is InChI=1S/C26H40N2O3.C14H21NO3.C13H20ClNO2.C13H19NO3.C12H18ClNO2.C12H19NO2.C11H16ClNO2.C11H17NO2/c1-22(2,3)31-21(30)24-8-18-5-19(9-24)13-26(12-18,15-24)28-20(29)23-6-16-4-17(7-23)11-25(27,10-16)14-23;1-9(16)15-14-5-10-3-12(2,7-14)6-13(4-10,8-14)11(17)18;1-10-3-11(2)5-12(4-10,9(16)17)8-13(6-10,7-11)15-14;1-8(15)14-13-5-9-2-10(6-13)4-12(3-9,7-13)11(16)17;1-10-2-8-3-11(5-10,9(15)16)7-12(4-8,6-10)14-13;1-10-2-8-3-11(5-10,9(14)15)7-12(13,4-8)6-10;12-13-11-4-7-1-8(5-11)3-10(2-7,6-11)9(14)15;12-11-4-7-1-8(5-11)3-10(2-7,6-11)9(13)14/h16-19H,4-15,27H2,1-3H3,(H,28,29);10H,3-8H2,1-2H3,(H,15,16)(H,17,18);15H,3-8H2,1-2H3,(H,16,17);9-10H,2-7H2,1H3,(H,14,15)(H,16,17);8,14H,2-7H2,1H3,(H,15,16);8H,2-7,13H2,1H3,(H,14,15);7-8,13H,1-6H2,(H,14,15);7-8H,1-6,12H2,(H,13,14). The van der Waals surface area contributed by atoms with E-state index in [1.165, 1.54) is 52.4 Å². The lowest BCUT2D eigenvalue weighted by Gasteiger charge is -2.67. The fourth-order valence-corrected chi connectivity index (χ4v) is 47.3. The molecule has 0 aliphatic heterocycles. The van der Waals surface area contributed by atoms with Crippen molar-refractivity contribution in [2.45, 2.75) is 471 Å². The molecule has 36 bridgehead atoms. The zero-order chi connectivity index (χ0) is 103. The van der Waals surface area contributed by atoms with Gasteiger partial charge in [0.25, 0.3) is 0 Å². The van der Waals surface area contributed by atoms with E-state index < -0.39 is 90.7 Å². The predicted molar refractivity (Wildman–Crippen MR) is 528 cm³/mol. The number of esters is 1. The maximum Gasteiger partial charge on any atom is 0.312 e. The third-order valence-corrected chi connectivity index (χ3v) is 45.7. The summed E-state index contributed by atoms with van der Waals surface area (Å²) in [5.41, 5.74) is 10.3. The van der Waals surface area contributed by atoms with E-state index in [0.717, 1.165) is 283 Å². The summed E-state index contributed by atoms with van der Waals surface area (Å²) in [5.74, 6) is 2.73. The number of ether oxygens (including phenoxy) is 1. The van der Waals surface area contributed by atoms with Crippen molar-refractivity contribution in [1.82, 2.24) is 30.5 Å². The summed E-state index contributed by atoms with van der Waals surface area (Å²) in [6.07, 6.45) is 52.0. The maximum absolute atomic E-state index is 13.9. The van der Waals surface area contributed by atoms with E-state index in [-0.39, 0.29) is 106 Å². The van der Waals surface area contributed by atoms with Crippen LogP contribution in [0.15, 0.2) is 0 Å². The van der Waals surface area contributed by atoms with Crippen molar-refractivity contribution < 1.29 is 105 Å². The number of nitrogens with one attached hydrogen (secondary N) is 6. The molecule has 3 amide bonds. The number of amides is 3. The molecule has 36 rings (SSSR count). The van der Waals surface area contributed by atoms with Gasteiger partial charge >= 0.3 is 35.8 Å². The van der Waals surface area contributed by atoms with Gasteiger partial charge in [0.2, 0.25) is 17.7 Å². The van der Waals surface area contributed by atoms with Crippen LogP contribution in [0.1, 0.15) is 416 Å². The van der Waals surface area contributed by atoms with Gasteiger partial charge in [-0.15, -0.1) is 0 Å². The molecule has 0 aromatic heterocycles. The Morgan fingerprint density at radius 3 is 0.979 bits per heavy atom. The van der Waals surface area contributed by atoms with Gasteiger partial charge in [-0.1, -0.05) is 34.6 Å². The molecule has 0 heterocycles. The van der Waals surface area contributed by atoms with Crippen molar-refractivity contribution in [2.75, 3.05) is 0 Å². The van der Waals surface area contributed by atoms with Gasteiger partial charge in [0, 0.05) is 114 Å². The minimum absolute atomic E-state index is 0.0208. The fraction of sp³-hybridized carbons (Fsp3) is 0.902. The first-order valence-electron chi connectivity index (χ1n) is 55.6. The molecule has 28 nitrogen and oxygen atoms in total. The molecule has 0 saturated heterocycles. The Kier molecular flexibility index (Phi) is 25.0. The summed E-state index contributed by atoms with van der Waals surface area (Å²) in [5, 5.41) is 80.2. The first kappa shape index (κ1) is 105. The Bertz CT molecular complexity index is 5090. The molecule has 0 radical (unpaired) electrons. The van der Waals surface area contributed by atoms with Gasteiger partial charge in [-0.05, 0) is 468 Å². The van der Waals surface area contributed by atoms with E-state index in [2.05, 4.69) is 76.5 Å². The largest absolute Gasteiger partial charge is 0.550 e. The van der Waals surface area contributed by atoms with Crippen molar-refractivity contribution in [2.24, 2.45) is 158 Å². The van der Waals surface area contributed by atoms with Crippen LogP contribution in [-0.2, 0) is 57.5 Å². The molecular formula is C112H170Cl3N9O19. The molecule has 36 fully saturated rings. The van der Waals surface area contributed by atoms with Crippen LogP contribution in [0.5, 0.6) is 0 Å². The van der Waals surface area contributed by atoms with Gasteiger partial charge in [0.05, 0.1) is 49.0 Å². The molecule has 24 atom stereocenters. The average Bonchev–Trinajstić information content (AvgIpc) is 0.688. The van der Waals surface area contributed by atoms with Crippen LogP contribution >= 0.6 is 35.3 Å². The fourth-order valence-electron chi connectivity index (χ4n) is 46.7. The van der Waals surface area contributed by atoms with Crippen LogP contribution in [0.4, 0.5) is 0 Å². The molecule has 36 saturated carbocycles. The van der Waals surface area contributed by atoms with Crippen LogP contribution in [-0.4, -0.2) is 146 Å². The van der Waals surface area contributed by atoms with E-state index in [9.17, 15) is 88.5 Å². The number of carbonyl (C=O) groups excluding carboxylic acids is 6. The highest BCUT2D eigenvalue weighted by atomic mass is 35.5. The van der Waals surface area contributed by atoms with Crippen LogP contribution in [0.25, 0.3) is 0 Å². The molecule has 36 aliphatic carbocycles. The Labute approximate surface area is 860 Å². The minimum atomic E-state index is -0.814. The number of carboxylic acid groups (broad SMARTS) is 7. The normalized spacial score (nSPS) is 52.5. The number of carbonyl (C=O) groups is 11. The lowest BCUT2D eigenvalue weighted by molar-refractivity contribution is -0.515. The summed E-state index contributed by atoms with van der Waals surface area (Å²) >= 11 is 17.7. The number of quaternary nitrogens is 2. The Morgan fingerprint density at radius 1 is 0.287 bits per heavy atom. The predicted octanol–water partition coefficient (Wildman–Crippen LogP) is 14.2. The third-order valence-electron chi connectivity index (χ3n) is 44.5. The van der Waals surface area contributed by atoms with Crippen molar-refractivity contribution in [3.8, 4) is 0 Å². The molecule has 798 valence electrons. The zero-order valence-electron chi connectivity index (χ0n) is 87.3. The second-order valence-electron chi connectivity index (χ2n) is 61.2. The topological polar surface area (TPSA) is 498 Å². The summed E-state index contributed by atoms with van der Waals surface area (Å²) in [7, 11) is 0. The quantitative estimate of drug-likeness (QED) is 0.0535. The highest BCUT2D eigenvalue weighted by Gasteiger charge is 2.74. The van der Waals surface area contributed by atoms with Crippen LogP contribution < -0.4 is 57.9 Å². The SMILES string of the molecule is CC(=O)NC12CC3CC(C)(C1)CC(C(=O)O)(C3)C2.CC(=O)NC12CC3CC(C1)CC(C(=O)O)(C3)C2.CC(C)(C)OC(=O)C12CC3CC(CC(NC(=O)C45CC6CC(CC(N)(C6)C4)C5)(C3)C1)C2.CC12CC3(C)CC(NCl)(C1)CC(C(=O)O)(C2)C3.CC12CC3CC(NCl)(C1)CC(C(=O)O)(C3)C2.CC12CC3CC([NH3+])(C1)CC(C(=O)[O-])(C3)C2.O=C(O)C12CC3CC(CC(NCl)(C3)C1)C2.[NH3+]C12CC3CC(C1)CC(C(=O)[O-])(C3)C2. The second kappa shape index (κ2) is 34.1. The number of aliphatic carboxylic acids is 7. The third kappa shape index (κ3) is 18.9. The number of carboxylic acids is 7. The maximum atomic E-state index is 13.9. The van der Waals surface area contributed by atoms with E-state index in [1.54, 1.807) is 0 Å². The zero-order valence-corrected chi connectivity index (χ0v) is 89.5. The Morgan fingerprint density at radius 2 is 0.580 bits per heavy atom. The number of hydrogen-bond donors (Lipinski definition) is 14. The number of nitrogens with two attached hydrogens (primary N) is 1. The van der Waals surface area contributed by atoms with Crippen molar-refractivity contribution in [3.63, 3.8) is 0 Å². The highest BCUT2D eigenvalue weighted by Crippen LogP contribution is 2.75. The average molecular weight is 2050 g/mol. The summed E-state index contributed by atoms with van der Waals surface area (Å²) in [6, 6.07) is 0. The monoisotopic (exact) mass is 2050 g/mol. The van der Waals surface area contributed by atoms with E-state index >= 15 is 0 Å². The lowest BCUT2D eigenvalue weighted by Crippen LogP contribution is -2.81. The molecule has 0 spiro atoms. The van der Waals surface area contributed by atoms with Crippen LogP contribution in [0.3, 0.4) is 0 Å². The minimum Gasteiger partial charge on any atom is -0.550 e. The van der Waals surface area contributed by atoms with Gasteiger partial charge in [0.1, 0.15) is 5.60 Å². The molecule has 36 aliphatic rings. The number of hydrogen-bond acceptors (Lipinski definition) is 18. The van der Waals surface area contributed by atoms with Crippen molar-refractivity contribution in [3.05, 3.63) is 0 Å². The van der Waals surface area contributed by atoms with Crippen molar-refractivity contribution in [1.29, 1.82) is 0 Å². The van der Waals surface area contributed by atoms with Gasteiger partial charge in [-0.2, -0.15) is 0 Å². The molecule has 31 heteroatoms. The number of rotatable bonds is 15. The summed E-state index contributed by atoms with van der Waals surface area (Å²) in [6.45, 7) is 20.1. The summed E-state index contributed by atoms with van der Waals surface area (Å²) < 4.78 is 5.92. The van der Waals surface area contributed by atoms with Gasteiger partial charge < -0.3 is 83.2 Å². The smallest absolute Gasteiger partial charge is 0.312 e. The van der Waals surface area contributed by atoms with Gasteiger partial charge in [0.15, 0.2) is 0 Å². The molecular weight excluding hydrogens is 1880 g/mol. The van der Waals surface area contributed by atoms with Crippen LogP contribution in [0.2, 0.25) is 0 Å². The van der Waals surface area contributed by atoms with Gasteiger partial charge in [-0.3, -0.25) is 43.2 Å². The number of halogens is 3. The van der Waals surface area contributed by atoms with E-state index in [4.69, 9.17) is 45.8 Å². The molecule has 143 heavy (non-hydrogen) atoms. The summed E-state index contributed by atoms with van der Waals surface area (Å²) in [4.78, 5) is 140. The van der Waals surface area contributed by atoms with E-state index in [0.29, 0.717) is 103 Å². The van der Waals surface area contributed by atoms with Crippen LogP contribution in [0, 0.1) is 153 Å². The Hall–Kier alpha value is -5.20. The Balaban J connectivity index is 0.000000101. The lowest BCUT2D eigenvalue weighted by atomic mass is 9.38. The second-order valence-corrected chi connectivity index (χ2v) is 61.8. The molecule has 19 N–H and O–H groups in total.